The summed E-state index contributed by atoms with van der Waals surface area (Å²) >= 11 is 0. The highest BCUT2D eigenvalue weighted by Crippen LogP contribution is 2.62. The Balaban J connectivity index is 1.94. The first-order valence-electron chi connectivity index (χ1n) is 22.1. The average Bonchev–Trinajstić information content (AvgIpc) is 3.11. The van der Waals surface area contributed by atoms with E-state index in [9.17, 15) is 5.11 Å². The molecule has 1 aromatic rings. The van der Waals surface area contributed by atoms with Crippen molar-refractivity contribution < 1.29 is 23.2 Å². The van der Waals surface area contributed by atoms with Crippen molar-refractivity contribution >= 4 is 7.82 Å². The van der Waals surface area contributed by atoms with Crippen molar-refractivity contribution in [1.82, 2.24) is 0 Å². The van der Waals surface area contributed by atoms with Crippen molar-refractivity contribution in [3.05, 3.63) is 86.2 Å². The summed E-state index contributed by atoms with van der Waals surface area (Å²) in [5.74, 6) is 1.27. The summed E-state index contributed by atoms with van der Waals surface area (Å²) in [6.07, 6.45) is 12.5. The Hall–Kier alpha value is -2.33. The number of phosphoric acid groups is 1. The maximum Gasteiger partial charge on any atom is 0.530 e. The fourth-order valence-corrected chi connectivity index (χ4v) is 9.73. The lowest BCUT2D eigenvalue weighted by Crippen LogP contribution is -2.35. The number of benzene rings is 1. The van der Waals surface area contributed by atoms with Gasteiger partial charge in [0, 0.05) is 11.0 Å². The van der Waals surface area contributed by atoms with Gasteiger partial charge in [0.15, 0.2) is 0 Å². The van der Waals surface area contributed by atoms with Gasteiger partial charge < -0.3 is 9.63 Å². The minimum Gasteiger partial charge on any atom is -0.507 e. The minimum absolute atomic E-state index is 0.00163. The number of fused-ring (bicyclic) bond motifs is 2. The van der Waals surface area contributed by atoms with E-state index in [1.807, 2.05) is 0 Å². The van der Waals surface area contributed by atoms with E-state index in [1.165, 1.54) is 16.7 Å². The van der Waals surface area contributed by atoms with Crippen LogP contribution >= 0.6 is 7.82 Å². The number of phenols is 1. The molecular formula is C51H81O5P. The summed E-state index contributed by atoms with van der Waals surface area (Å²) in [5.41, 5.74) is 9.00. The van der Waals surface area contributed by atoms with E-state index in [-0.39, 0.29) is 39.6 Å². The van der Waals surface area contributed by atoms with Crippen LogP contribution in [0.3, 0.4) is 0 Å². The lowest BCUT2D eigenvalue weighted by molar-refractivity contribution is 0.0934. The van der Waals surface area contributed by atoms with Crippen LogP contribution < -0.4 is 0 Å². The van der Waals surface area contributed by atoms with Gasteiger partial charge in [-0.2, -0.15) is 0 Å². The number of allylic oxidation sites excluding steroid dienone is 7. The van der Waals surface area contributed by atoms with E-state index in [4.69, 9.17) is 13.6 Å². The second-order valence-corrected chi connectivity index (χ2v) is 23.6. The Bertz CT molecular complexity index is 1840. The second-order valence-electron chi connectivity index (χ2n) is 22.0. The molecule has 1 aromatic carbocycles. The van der Waals surface area contributed by atoms with Gasteiger partial charge in [0.25, 0.3) is 0 Å². The first kappa shape index (κ1) is 47.3. The van der Waals surface area contributed by atoms with Crippen molar-refractivity contribution in [2.24, 2.45) is 27.6 Å². The predicted molar refractivity (Wildman–Crippen MR) is 242 cm³/mol. The standard InChI is InChI=1S/C51H81O5P/c1-20-48(12,13)35-27-33(5)42-37-30-36(49(14,15)21-2)32-41(50(16,17)22-3)44(37)55-57(53,56-45(38(42)31-35)51(18,19)23-4)54-26-24-25-34-28-39(46(6,7)8)43(52)40(29-34)47(9,10)11/h28-33,44,52H,20-27H2,1-19H3/b42-37?,45-38-. The van der Waals surface area contributed by atoms with Crippen LogP contribution in [-0.2, 0) is 35.4 Å². The molecule has 2 aliphatic carbocycles. The zero-order chi connectivity index (χ0) is 43.3. The number of phosphoric ester groups is 1. The molecule has 0 fully saturated rings. The van der Waals surface area contributed by atoms with Gasteiger partial charge in [0.2, 0.25) is 0 Å². The summed E-state index contributed by atoms with van der Waals surface area (Å²) in [6, 6.07) is 4.25. The highest BCUT2D eigenvalue weighted by molar-refractivity contribution is 7.48. The zero-order valence-electron chi connectivity index (χ0n) is 39.7. The highest BCUT2D eigenvalue weighted by atomic mass is 31.2. The molecule has 320 valence electrons. The number of hydrogen-bond donors (Lipinski definition) is 1. The van der Waals surface area contributed by atoms with Gasteiger partial charge in [0.1, 0.15) is 17.6 Å². The third-order valence-electron chi connectivity index (χ3n) is 14.0. The van der Waals surface area contributed by atoms with Gasteiger partial charge in [-0.15, -0.1) is 0 Å². The fraction of sp³-hybridized carbons (Fsp3) is 0.686. The first-order valence-corrected chi connectivity index (χ1v) is 23.6. The predicted octanol–water partition coefficient (Wildman–Crippen LogP) is 15.6. The van der Waals surface area contributed by atoms with Gasteiger partial charge in [-0.05, 0) is 117 Å². The Morgan fingerprint density at radius 3 is 1.75 bits per heavy atom. The SMILES string of the molecule is CCC(C)(C)C1=CC2=C3/C(=C(/C(C)(C)CC)OP(=O)(OCCCc4cc(C(C)(C)C)c(O)c(C(C)(C)C)c4)OC2C(C(C)(C)CC)=C1)C=C(C(C)(C)CC)CC3C. The van der Waals surface area contributed by atoms with Crippen LogP contribution in [0.25, 0.3) is 0 Å². The number of aryl methyl sites for hydroxylation is 1. The number of hydrogen-bond acceptors (Lipinski definition) is 5. The van der Waals surface area contributed by atoms with E-state index in [1.54, 1.807) is 0 Å². The van der Waals surface area contributed by atoms with E-state index in [2.05, 4.69) is 162 Å². The smallest absolute Gasteiger partial charge is 0.507 e. The van der Waals surface area contributed by atoms with Gasteiger partial charge in [-0.1, -0.05) is 167 Å². The quantitative estimate of drug-likeness (QED) is 0.159. The molecule has 1 N–H and O–H groups in total. The summed E-state index contributed by atoms with van der Waals surface area (Å²) in [6.45, 7) is 42.6. The molecule has 57 heavy (non-hydrogen) atoms. The molecule has 3 atom stereocenters. The molecule has 3 aliphatic rings. The van der Waals surface area contributed by atoms with Crippen LogP contribution in [0, 0.1) is 27.6 Å². The number of rotatable bonds is 13. The van der Waals surface area contributed by atoms with Gasteiger partial charge in [0.05, 0.1) is 6.61 Å². The highest BCUT2D eigenvalue weighted by Gasteiger charge is 2.48. The minimum atomic E-state index is -4.21. The van der Waals surface area contributed by atoms with Crippen molar-refractivity contribution in [2.75, 3.05) is 6.61 Å². The molecule has 0 amide bonds. The van der Waals surface area contributed by atoms with E-state index in [0.717, 1.165) is 65.5 Å². The van der Waals surface area contributed by atoms with Crippen LogP contribution in [0.15, 0.2) is 69.6 Å². The third-order valence-corrected chi connectivity index (χ3v) is 15.4. The van der Waals surface area contributed by atoms with E-state index < -0.39 is 19.3 Å². The molecule has 0 bridgehead atoms. The lowest BCUT2D eigenvalue weighted by Gasteiger charge is -2.45. The maximum absolute atomic E-state index is 15.6. The summed E-state index contributed by atoms with van der Waals surface area (Å²) in [5, 5.41) is 11.3. The molecule has 0 saturated carbocycles. The van der Waals surface area contributed by atoms with E-state index in [0.29, 0.717) is 24.4 Å². The molecule has 5 nitrogen and oxygen atoms in total. The van der Waals surface area contributed by atoms with Gasteiger partial charge in [-0.3, -0.25) is 9.05 Å². The zero-order valence-corrected chi connectivity index (χ0v) is 40.6. The molecule has 6 heteroatoms. The molecule has 0 saturated heterocycles. The summed E-state index contributed by atoms with van der Waals surface area (Å²) < 4.78 is 36.1. The molecule has 0 radical (unpaired) electrons. The van der Waals surface area contributed by atoms with Crippen molar-refractivity contribution in [2.45, 2.75) is 193 Å². The Kier molecular flexibility index (Phi) is 13.8. The van der Waals surface area contributed by atoms with Crippen LogP contribution in [0.5, 0.6) is 5.75 Å². The van der Waals surface area contributed by atoms with Crippen LogP contribution in [0.4, 0.5) is 0 Å². The fourth-order valence-electron chi connectivity index (χ4n) is 8.16. The normalized spacial score (nSPS) is 24.2. The molecule has 1 aliphatic heterocycles. The van der Waals surface area contributed by atoms with Crippen molar-refractivity contribution in [1.29, 1.82) is 0 Å². The summed E-state index contributed by atoms with van der Waals surface area (Å²) in [7, 11) is -4.21. The Morgan fingerprint density at radius 1 is 0.737 bits per heavy atom. The maximum atomic E-state index is 15.6. The molecule has 4 rings (SSSR count). The topological polar surface area (TPSA) is 65.0 Å². The largest absolute Gasteiger partial charge is 0.530 e. The molecule has 3 unspecified atom stereocenters. The van der Waals surface area contributed by atoms with Gasteiger partial charge >= 0.3 is 7.82 Å². The average molecular weight is 805 g/mol. The molecule has 0 spiro atoms. The van der Waals surface area contributed by atoms with E-state index >= 15 is 4.57 Å². The monoisotopic (exact) mass is 805 g/mol. The molecule has 0 aromatic heterocycles. The lowest BCUT2D eigenvalue weighted by atomic mass is 9.65. The molecule has 1 heterocycles. The van der Waals surface area contributed by atoms with Crippen molar-refractivity contribution in [3.63, 3.8) is 0 Å². The van der Waals surface area contributed by atoms with Crippen LogP contribution in [0.1, 0.15) is 187 Å². The van der Waals surface area contributed by atoms with Crippen LogP contribution in [0.2, 0.25) is 0 Å². The second kappa shape index (κ2) is 16.6. The Morgan fingerprint density at radius 2 is 1.26 bits per heavy atom. The van der Waals surface area contributed by atoms with Gasteiger partial charge in [-0.25, -0.2) is 4.57 Å². The first-order chi connectivity index (χ1) is 26.0. The van der Waals surface area contributed by atoms with Crippen molar-refractivity contribution in [3.8, 4) is 5.75 Å². The Labute approximate surface area is 349 Å². The number of phenolic OH excluding ortho intramolecular Hbond substituents is 1. The number of aromatic hydroxyl groups is 1. The third kappa shape index (κ3) is 10.0. The van der Waals surface area contributed by atoms with Crippen LogP contribution in [-0.4, -0.2) is 17.8 Å². The molecular weight excluding hydrogens is 724 g/mol. The summed E-state index contributed by atoms with van der Waals surface area (Å²) in [4.78, 5) is 0.